The number of ether oxygens (including phenoxy) is 1. The Morgan fingerprint density at radius 1 is 1.07 bits per heavy atom. The molecule has 0 fully saturated rings. The zero-order valence-electron chi connectivity index (χ0n) is 15.6. The fourth-order valence-corrected chi connectivity index (χ4v) is 4.22. The van der Waals surface area contributed by atoms with Crippen LogP contribution in [0.25, 0.3) is 11.0 Å². The number of nitrogens with zero attached hydrogens (tertiary/aromatic N) is 3. The Morgan fingerprint density at radius 3 is 2.66 bits per heavy atom. The first-order chi connectivity index (χ1) is 14.1. The molecule has 0 N–H and O–H groups in total. The van der Waals surface area contributed by atoms with Crippen molar-refractivity contribution in [1.29, 1.82) is 0 Å². The van der Waals surface area contributed by atoms with Crippen LogP contribution in [-0.2, 0) is 0 Å². The minimum absolute atomic E-state index is 0.238. The molecule has 0 amide bonds. The maximum absolute atomic E-state index is 14.9. The molecule has 0 saturated heterocycles. The normalized spacial score (nSPS) is 15.8. The third-order valence-electron chi connectivity index (χ3n) is 5.25. The Balaban J connectivity index is 1.71. The van der Waals surface area contributed by atoms with Gasteiger partial charge in [-0.1, -0.05) is 28.1 Å². The summed E-state index contributed by atoms with van der Waals surface area (Å²) in [4.78, 5) is 9.54. The van der Waals surface area contributed by atoms with Gasteiger partial charge in [-0.25, -0.2) is 14.4 Å². The third kappa shape index (κ3) is 3.13. The summed E-state index contributed by atoms with van der Waals surface area (Å²) in [5.41, 5.74) is 4.26. The number of para-hydroxylation sites is 2. The molecule has 4 nitrogen and oxygen atoms in total. The van der Waals surface area contributed by atoms with Gasteiger partial charge in [-0.3, -0.25) is 0 Å². The Bertz CT molecular complexity index is 1250. The average molecular weight is 450 g/mol. The quantitative estimate of drug-likeness (QED) is 0.381. The number of imidazole rings is 1. The second-order valence-corrected chi connectivity index (χ2v) is 7.86. The first kappa shape index (κ1) is 18.1. The van der Waals surface area contributed by atoms with Gasteiger partial charge in [0.1, 0.15) is 11.6 Å². The molecular formula is C23H17BrFN3O. The molecule has 29 heavy (non-hydrogen) atoms. The van der Waals surface area contributed by atoms with E-state index in [0.29, 0.717) is 17.9 Å². The Kier molecular flexibility index (Phi) is 4.43. The summed E-state index contributed by atoms with van der Waals surface area (Å²) in [6.45, 7) is 0. The van der Waals surface area contributed by atoms with Gasteiger partial charge < -0.3 is 9.30 Å². The molecule has 0 aliphatic carbocycles. The number of methoxy groups -OCH3 is 1. The van der Waals surface area contributed by atoms with Crippen LogP contribution in [-0.4, -0.2) is 22.4 Å². The SMILES string of the molecule is COc1ccc(C2=Nc3nc4ccccc4n3C(c3cc(Br)ccc3F)C2)cc1. The molecule has 1 aromatic heterocycles. The minimum atomic E-state index is -0.246. The summed E-state index contributed by atoms with van der Waals surface area (Å²) in [5, 5.41) is 0. The second kappa shape index (κ2) is 7.12. The van der Waals surface area contributed by atoms with Crippen LogP contribution in [0.4, 0.5) is 10.3 Å². The summed E-state index contributed by atoms with van der Waals surface area (Å²) >= 11 is 3.48. The number of aliphatic imine (C=N–C) groups is 1. The molecule has 0 spiro atoms. The maximum atomic E-state index is 14.9. The maximum Gasteiger partial charge on any atom is 0.231 e. The molecule has 1 atom stereocenters. The van der Waals surface area contributed by atoms with Crippen LogP contribution in [0.2, 0.25) is 0 Å². The van der Waals surface area contributed by atoms with E-state index in [0.717, 1.165) is 32.5 Å². The van der Waals surface area contributed by atoms with Gasteiger partial charge in [-0.05, 0) is 60.2 Å². The van der Waals surface area contributed by atoms with Gasteiger partial charge in [0, 0.05) is 16.5 Å². The summed E-state index contributed by atoms with van der Waals surface area (Å²) in [7, 11) is 1.64. The molecule has 0 bridgehead atoms. The standard InChI is InChI=1S/C23H17BrFN3O/c1-29-16-9-6-14(7-10-16)20-13-22(17-12-15(24)8-11-18(17)25)28-21-5-3-2-4-19(21)26-23(28)27-20/h2-12,22H,13H2,1H3. The van der Waals surface area contributed by atoms with Gasteiger partial charge in [0.15, 0.2) is 0 Å². The van der Waals surface area contributed by atoms with Gasteiger partial charge >= 0.3 is 0 Å². The molecule has 6 heteroatoms. The fourth-order valence-electron chi connectivity index (χ4n) is 3.84. The number of hydrogen-bond acceptors (Lipinski definition) is 3. The number of halogens is 2. The predicted molar refractivity (Wildman–Crippen MR) is 116 cm³/mol. The molecule has 4 aromatic rings. The molecule has 1 aliphatic heterocycles. The van der Waals surface area contributed by atoms with Gasteiger partial charge in [0.25, 0.3) is 0 Å². The number of fused-ring (bicyclic) bond motifs is 3. The average Bonchev–Trinajstić information content (AvgIpc) is 3.13. The van der Waals surface area contributed by atoms with Gasteiger partial charge in [-0.15, -0.1) is 0 Å². The lowest BCUT2D eigenvalue weighted by Gasteiger charge is -2.26. The molecule has 0 radical (unpaired) electrons. The summed E-state index contributed by atoms with van der Waals surface area (Å²) in [5.74, 6) is 1.14. The highest BCUT2D eigenvalue weighted by Crippen LogP contribution is 2.39. The lowest BCUT2D eigenvalue weighted by atomic mass is 9.95. The number of rotatable bonds is 3. The number of benzene rings is 3. The largest absolute Gasteiger partial charge is 0.497 e. The topological polar surface area (TPSA) is 39.4 Å². The number of aromatic nitrogens is 2. The lowest BCUT2D eigenvalue weighted by Crippen LogP contribution is -2.21. The molecule has 5 rings (SSSR count). The lowest BCUT2D eigenvalue weighted by molar-refractivity contribution is 0.415. The van der Waals surface area contributed by atoms with Crippen molar-refractivity contribution in [3.63, 3.8) is 0 Å². The highest BCUT2D eigenvalue weighted by molar-refractivity contribution is 9.10. The third-order valence-corrected chi connectivity index (χ3v) is 5.74. The molecule has 3 aromatic carbocycles. The van der Waals surface area contributed by atoms with E-state index in [2.05, 4.69) is 15.9 Å². The van der Waals surface area contributed by atoms with Crippen molar-refractivity contribution < 1.29 is 9.13 Å². The zero-order chi connectivity index (χ0) is 20.0. The Hall–Kier alpha value is -2.99. The zero-order valence-corrected chi connectivity index (χ0v) is 17.2. The van der Waals surface area contributed by atoms with E-state index in [4.69, 9.17) is 14.7 Å². The smallest absolute Gasteiger partial charge is 0.231 e. The highest BCUT2D eigenvalue weighted by Gasteiger charge is 2.29. The van der Waals surface area contributed by atoms with Crippen LogP contribution < -0.4 is 4.74 Å². The predicted octanol–water partition coefficient (Wildman–Crippen LogP) is 6.06. The Morgan fingerprint density at radius 2 is 1.86 bits per heavy atom. The van der Waals surface area contributed by atoms with E-state index >= 15 is 0 Å². The van der Waals surface area contributed by atoms with Crippen molar-refractivity contribution in [2.75, 3.05) is 7.11 Å². The van der Waals surface area contributed by atoms with Crippen LogP contribution in [0.3, 0.4) is 0 Å². The van der Waals surface area contributed by atoms with Crippen molar-refractivity contribution in [2.24, 2.45) is 4.99 Å². The van der Waals surface area contributed by atoms with Crippen LogP contribution in [0.15, 0.2) is 76.2 Å². The van der Waals surface area contributed by atoms with Crippen molar-refractivity contribution >= 4 is 38.6 Å². The summed E-state index contributed by atoms with van der Waals surface area (Å²) in [6, 6.07) is 20.4. The highest BCUT2D eigenvalue weighted by atomic mass is 79.9. The van der Waals surface area contributed by atoms with E-state index in [9.17, 15) is 4.39 Å². The van der Waals surface area contributed by atoms with Crippen molar-refractivity contribution in [1.82, 2.24) is 9.55 Å². The fraction of sp³-hybridized carbons (Fsp3) is 0.130. The molecule has 2 heterocycles. The van der Waals surface area contributed by atoms with E-state index in [-0.39, 0.29) is 11.9 Å². The van der Waals surface area contributed by atoms with Crippen LogP contribution >= 0.6 is 15.9 Å². The number of hydrogen-bond donors (Lipinski definition) is 0. The van der Waals surface area contributed by atoms with Crippen LogP contribution in [0.5, 0.6) is 5.75 Å². The first-order valence-corrected chi connectivity index (χ1v) is 10.1. The summed E-state index contributed by atoms with van der Waals surface area (Å²) in [6.07, 6.45) is 0.563. The molecule has 144 valence electrons. The van der Waals surface area contributed by atoms with Gasteiger partial charge in [0.05, 0.1) is 29.9 Å². The monoisotopic (exact) mass is 449 g/mol. The van der Waals surface area contributed by atoms with E-state index in [1.165, 1.54) is 6.07 Å². The van der Waals surface area contributed by atoms with E-state index in [1.54, 1.807) is 13.2 Å². The van der Waals surface area contributed by atoms with Crippen molar-refractivity contribution in [2.45, 2.75) is 12.5 Å². The minimum Gasteiger partial charge on any atom is -0.497 e. The van der Waals surface area contributed by atoms with Crippen molar-refractivity contribution in [3.05, 3.63) is 88.1 Å². The van der Waals surface area contributed by atoms with E-state index < -0.39 is 0 Å². The molecule has 1 unspecified atom stereocenters. The van der Waals surface area contributed by atoms with Crippen molar-refractivity contribution in [3.8, 4) is 5.75 Å². The Labute approximate surface area is 175 Å². The van der Waals surface area contributed by atoms with Gasteiger partial charge in [-0.2, -0.15) is 0 Å². The first-order valence-electron chi connectivity index (χ1n) is 9.28. The van der Waals surface area contributed by atoms with E-state index in [1.807, 2.05) is 59.2 Å². The van der Waals surface area contributed by atoms with Gasteiger partial charge in [0.2, 0.25) is 5.95 Å². The second-order valence-electron chi connectivity index (χ2n) is 6.94. The molecule has 1 aliphatic rings. The van der Waals surface area contributed by atoms with Crippen LogP contribution in [0, 0.1) is 5.82 Å². The van der Waals surface area contributed by atoms with Crippen LogP contribution in [0.1, 0.15) is 23.6 Å². The summed E-state index contributed by atoms with van der Waals surface area (Å²) < 4.78 is 23.0. The molecule has 0 saturated carbocycles. The molecular weight excluding hydrogens is 433 g/mol.